The maximum Gasteiger partial charge on any atom is 0.334 e. The monoisotopic (exact) mass is 185 g/mol. The summed E-state index contributed by atoms with van der Waals surface area (Å²) in [5, 5.41) is 3.38. The topological polar surface area (TPSA) is 84.3 Å². The minimum absolute atomic E-state index is 0.139. The van der Waals surface area contributed by atoms with Gasteiger partial charge in [0.25, 0.3) is 0 Å². The lowest BCUT2D eigenvalue weighted by atomic mass is 10.2. The number of methoxy groups -OCH3 is 1. The van der Waals surface area contributed by atoms with Crippen LogP contribution in [-0.2, 0) is 14.3 Å². The van der Waals surface area contributed by atoms with Crippen molar-refractivity contribution in [3.63, 3.8) is 0 Å². The average molecular weight is 185 g/mol. The van der Waals surface area contributed by atoms with Gasteiger partial charge in [0.2, 0.25) is 0 Å². The van der Waals surface area contributed by atoms with Crippen LogP contribution in [0.25, 0.3) is 10.4 Å². The van der Waals surface area contributed by atoms with Crippen molar-refractivity contribution in [3.05, 3.63) is 10.4 Å². The third kappa shape index (κ3) is 2.61. The fraction of sp³-hybridized carbons (Fsp3) is 0.857. The van der Waals surface area contributed by atoms with Crippen molar-refractivity contribution >= 4 is 5.97 Å². The Morgan fingerprint density at radius 3 is 3.15 bits per heavy atom. The highest BCUT2D eigenvalue weighted by molar-refractivity contribution is 5.74. The van der Waals surface area contributed by atoms with Crippen molar-refractivity contribution in [1.29, 1.82) is 0 Å². The molecule has 0 spiro atoms. The SMILES string of the molecule is COC(=O)[C@@H]1CC[C@@H](CN=[N+]=[N-])O1. The predicted octanol–water partition coefficient (Wildman–Crippen LogP) is 1.02. The molecule has 0 amide bonds. The molecule has 0 aromatic rings. The number of hydrogen-bond donors (Lipinski definition) is 0. The molecule has 2 atom stereocenters. The zero-order valence-electron chi connectivity index (χ0n) is 7.34. The third-order valence-electron chi connectivity index (χ3n) is 1.92. The molecule has 0 N–H and O–H groups in total. The van der Waals surface area contributed by atoms with Crippen LogP contribution in [0.5, 0.6) is 0 Å². The quantitative estimate of drug-likeness (QED) is 0.284. The van der Waals surface area contributed by atoms with Gasteiger partial charge in [0, 0.05) is 4.91 Å². The van der Waals surface area contributed by atoms with E-state index in [1.54, 1.807) is 0 Å². The molecule has 0 aromatic heterocycles. The van der Waals surface area contributed by atoms with Gasteiger partial charge in [0.15, 0.2) is 6.10 Å². The van der Waals surface area contributed by atoms with Gasteiger partial charge in [-0.05, 0) is 18.4 Å². The molecule has 0 aromatic carbocycles. The van der Waals surface area contributed by atoms with Gasteiger partial charge in [0.1, 0.15) is 0 Å². The van der Waals surface area contributed by atoms with Gasteiger partial charge in [0.05, 0.1) is 19.8 Å². The highest BCUT2D eigenvalue weighted by Gasteiger charge is 2.30. The Bertz CT molecular complexity index is 237. The Morgan fingerprint density at radius 2 is 2.54 bits per heavy atom. The number of rotatable bonds is 3. The van der Waals surface area contributed by atoms with E-state index in [2.05, 4.69) is 14.8 Å². The average Bonchev–Trinajstić information content (AvgIpc) is 2.62. The molecular formula is C7H11N3O3. The fourth-order valence-electron chi connectivity index (χ4n) is 1.27. The van der Waals surface area contributed by atoms with E-state index in [0.717, 1.165) is 6.42 Å². The van der Waals surface area contributed by atoms with Crippen molar-refractivity contribution in [2.24, 2.45) is 5.11 Å². The van der Waals surface area contributed by atoms with Crippen LogP contribution in [0.4, 0.5) is 0 Å². The van der Waals surface area contributed by atoms with Gasteiger partial charge in [-0.2, -0.15) is 0 Å². The summed E-state index contributed by atoms with van der Waals surface area (Å²) in [7, 11) is 1.33. The van der Waals surface area contributed by atoms with Crippen LogP contribution in [0.3, 0.4) is 0 Å². The van der Waals surface area contributed by atoms with E-state index in [9.17, 15) is 4.79 Å². The lowest BCUT2D eigenvalue weighted by Crippen LogP contribution is -2.23. The van der Waals surface area contributed by atoms with E-state index >= 15 is 0 Å². The molecule has 6 heteroatoms. The largest absolute Gasteiger partial charge is 0.467 e. The lowest BCUT2D eigenvalue weighted by Gasteiger charge is -2.09. The summed E-state index contributed by atoms with van der Waals surface area (Å²) >= 11 is 0. The van der Waals surface area contributed by atoms with Gasteiger partial charge in [-0.3, -0.25) is 0 Å². The van der Waals surface area contributed by atoms with Crippen LogP contribution < -0.4 is 0 Å². The number of azide groups is 1. The Kier molecular flexibility index (Phi) is 3.54. The first-order valence-electron chi connectivity index (χ1n) is 4.02. The molecule has 1 fully saturated rings. The molecule has 1 heterocycles. The molecule has 6 nitrogen and oxygen atoms in total. The van der Waals surface area contributed by atoms with Gasteiger partial charge in [-0.1, -0.05) is 5.11 Å². The Hall–Kier alpha value is -1.26. The first kappa shape index (κ1) is 9.83. The maximum absolute atomic E-state index is 11.0. The molecule has 0 radical (unpaired) electrons. The number of esters is 1. The number of hydrogen-bond acceptors (Lipinski definition) is 4. The van der Waals surface area contributed by atoms with Crippen LogP contribution in [0.15, 0.2) is 5.11 Å². The summed E-state index contributed by atoms with van der Waals surface area (Å²) in [4.78, 5) is 13.6. The van der Waals surface area contributed by atoms with Gasteiger partial charge < -0.3 is 9.47 Å². The minimum Gasteiger partial charge on any atom is -0.467 e. The second kappa shape index (κ2) is 4.69. The highest BCUT2D eigenvalue weighted by atomic mass is 16.6. The van der Waals surface area contributed by atoms with Gasteiger partial charge in [-0.15, -0.1) is 0 Å². The van der Waals surface area contributed by atoms with Crippen molar-refractivity contribution < 1.29 is 14.3 Å². The zero-order chi connectivity index (χ0) is 9.68. The Labute approximate surface area is 75.4 Å². The van der Waals surface area contributed by atoms with E-state index in [-0.39, 0.29) is 18.6 Å². The van der Waals surface area contributed by atoms with Crippen LogP contribution >= 0.6 is 0 Å². The Morgan fingerprint density at radius 1 is 1.77 bits per heavy atom. The number of nitrogens with zero attached hydrogens (tertiary/aromatic N) is 3. The smallest absolute Gasteiger partial charge is 0.334 e. The second-order valence-corrected chi connectivity index (χ2v) is 2.76. The van der Waals surface area contributed by atoms with Crippen molar-refractivity contribution in [1.82, 2.24) is 0 Å². The lowest BCUT2D eigenvalue weighted by molar-refractivity contribution is -0.152. The number of carbonyl (C=O) groups excluding carboxylic acids is 1. The molecule has 72 valence electrons. The van der Waals surface area contributed by atoms with E-state index < -0.39 is 6.10 Å². The summed E-state index contributed by atoms with van der Waals surface area (Å²) in [5.41, 5.74) is 8.06. The molecule has 13 heavy (non-hydrogen) atoms. The van der Waals surface area contributed by atoms with E-state index in [1.807, 2.05) is 0 Å². The maximum atomic E-state index is 11.0. The Balaban J connectivity index is 2.35. The fourth-order valence-corrected chi connectivity index (χ4v) is 1.27. The molecule has 1 rings (SSSR count). The molecule has 1 aliphatic heterocycles. The molecule has 0 aliphatic carbocycles. The van der Waals surface area contributed by atoms with Crippen molar-refractivity contribution in [3.8, 4) is 0 Å². The summed E-state index contributed by atoms with van der Waals surface area (Å²) in [6.45, 7) is 0.282. The molecule has 0 saturated carbocycles. The highest BCUT2D eigenvalue weighted by Crippen LogP contribution is 2.20. The van der Waals surface area contributed by atoms with Gasteiger partial charge in [-0.25, -0.2) is 4.79 Å². The first-order chi connectivity index (χ1) is 6.27. The van der Waals surface area contributed by atoms with Crippen molar-refractivity contribution in [2.75, 3.05) is 13.7 Å². The molecule has 0 bridgehead atoms. The molecule has 0 unspecified atom stereocenters. The number of ether oxygens (including phenoxy) is 2. The first-order valence-corrected chi connectivity index (χ1v) is 4.02. The predicted molar refractivity (Wildman–Crippen MR) is 43.9 cm³/mol. The molecule has 1 saturated heterocycles. The second-order valence-electron chi connectivity index (χ2n) is 2.76. The van der Waals surface area contributed by atoms with Crippen molar-refractivity contribution in [2.45, 2.75) is 25.0 Å². The standard InChI is InChI=1S/C7H11N3O3/c1-12-7(11)6-3-2-5(13-6)4-9-10-8/h5-6H,2-4H2,1H3/t5-,6-/m0/s1. The summed E-state index contributed by atoms with van der Waals surface area (Å²) < 4.78 is 9.80. The third-order valence-corrected chi connectivity index (χ3v) is 1.92. The van der Waals surface area contributed by atoms with Crippen LogP contribution in [0.1, 0.15) is 12.8 Å². The minimum atomic E-state index is -0.483. The zero-order valence-corrected chi connectivity index (χ0v) is 7.34. The normalized spacial score (nSPS) is 26.5. The van der Waals surface area contributed by atoms with Crippen LogP contribution in [-0.4, -0.2) is 31.8 Å². The molecule has 1 aliphatic rings. The van der Waals surface area contributed by atoms with E-state index in [1.165, 1.54) is 7.11 Å². The summed E-state index contributed by atoms with van der Waals surface area (Å²) in [6, 6.07) is 0. The van der Waals surface area contributed by atoms with Crippen LogP contribution in [0, 0.1) is 0 Å². The van der Waals surface area contributed by atoms with E-state index in [0.29, 0.717) is 6.42 Å². The van der Waals surface area contributed by atoms with Gasteiger partial charge >= 0.3 is 5.97 Å². The number of carbonyl (C=O) groups is 1. The summed E-state index contributed by atoms with van der Waals surface area (Å²) in [6.07, 6.45) is 0.751. The molecular weight excluding hydrogens is 174 g/mol. The van der Waals surface area contributed by atoms with Crippen LogP contribution in [0.2, 0.25) is 0 Å². The summed E-state index contributed by atoms with van der Waals surface area (Å²) in [5.74, 6) is -0.358. The van der Waals surface area contributed by atoms with E-state index in [4.69, 9.17) is 10.3 Å².